The van der Waals surface area contributed by atoms with Crippen molar-refractivity contribution in [1.82, 2.24) is 15.6 Å². The molecule has 1 heterocycles. The summed E-state index contributed by atoms with van der Waals surface area (Å²) in [6.45, 7) is 3.29. The molecule has 0 amide bonds. The second kappa shape index (κ2) is 8.34. The lowest BCUT2D eigenvalue weighted by molar-refractivity contribution is 0.408. The smallest absolute Gasteiger partial charge is 0.191 e. The van der Waals surface area contributed by atoms with Crippen molar-refractivity contribution >= 4 is 16.7 Å². The average Bonchev–Trinajstić information content (AvgIpc) is 2.68. The zero-order chi connectivity index (χ0) is 18.4. The number of guanidine groups is 1. The number of hydrogen-bond acceptors (Lipinski definition) is 3. The van der Waals surface area contributed by atoms with Gasteiger partial charge in [0.05, 0.1) is 19.3 Å². The Hall–Kier alpha value is -3.08. The Bertz CT molecular complexity index is 916. The number of fused-ring (bicyclic) bond motifs is 1. The van der Waals surface area contributed by atoms with E-state index in [1.165, 1.54) is 10.9 Å². The Morgan fingerprint density at radius 1 is 1.08 bits per heavy atom. The van der Waals surface area contributed by atoms with Gasteiger partial charge in [-0.25, -0.2) is 0 Å². The van der Waals surface area contributed by atoms with Crippen LogP contribution < -0.4 is 15.4 Å². The van der Waals surface area contributed by atoms with Crippen LogP contribution in [-0.4, -0.2) is 25.1 Å². The normalized spacial score (nSPS) is 11.4. The summed E-state index contributed by atoms with van der Waals surface area (Å²) in [7, 11) is 3.45. The number of aromatic nitrogens is 1. The third kappa shape index (κ3) is 4.11. The van der Waals surface area contributed by atoms with Gasteiger partial charge in [-0.1, -0.05) is 36.4 Å². The first-order valence-corrected chi connectivity index (χ1v) is 8.62. The Kier molecular flexibility index (Phi) is 5.69. The molecule has 0 aliphatic rings. The number of nitrogens with zero attached hydrogens (tertiary/aromatic N) is 2. The number of nitrogens with one attached hydrogen (secondary N) is 2. The van der Waals surface area contributed by atoms with E-state index >= 15 is 0 Å². The molecule has 1 aromatic heterocycles. The largest absolute Gasteiger partial charge is 0.496 e. The quantitative estimate of drug-likeness (QED) is 0.548. The molecule has 0 aliphatic heterocycles. The average molecular weight is 348 g/mol. The molecule has 0 spiro atoms. The number of aryl methyl sites for hydroxylation is 1. The number of ether oxygens (including phenoxy) is 1. The van der Waals surface area contributed by atoms with Crippen LogP contribution in [-0.2, 0) is 13.1 Å². The van der Waals surface area contributed by atoms with Gasteiger partial charge < -0.3 is 15.4 Å². The molecule has 0 saturated carbocycles. The van der Waals surface area contributed by atoms with Gasteiger partial charge in [0.2, 0.25) is 0 Å². The van der Waals surface area contributed by atoms with Gasteiger partial charge in [-0.3, -0.25) is 9.98 Å². The van der Waals surface area contributed by atoms with Gasteiger partial charge in [0.15, 0.2) is 5.96 Å². The molecule has 0 unspecified atom stereocenters. The second-order valence-corrected chi connectivity index (χ2v) is 6.07. The van der Waals surface area contributed by atoms with Crippen molar-refractivity contribution in [3.8, 4) is 5.75 Å². The molecule has 2 N–H and O–H groups in total. The van der Waals surface area contributed by atoms with Crippen LogP contribution in [0.1, 0.15) is 16.8 Å². The van der Waals surface area contributed by atoms with E-state index in [0.29, 0.717) is 13.1 Å². The number of benzene rings is 2. The number of rotatable bonds is 5. The minimum atomic E-state index is 0.603. The predicted octanol–water partition coefficient (Wildman–Crippen LogP) is 3.42. The van der Waals surface area contributed by atoms with Crippen molar-refractivity contribution < 1.29 is 4.74 Å². The Labute approximate surface area is 154 Å². The molecule has 0 atom stereocenters. The molecule has 0 fully saturated rings. The van der Waals surface area contributed by atoms with Gasteiger partial charge in [-0.2, -0.15) is 0 Å². The van der Waals surface area contributed by atoms with Gasteiger partial charge in [0.25, 0.3) is 0 Å². The highest BCUT2D eigenvalue weighted by molar-refractivity contribution is 5.85. The summed E-state index contributed by atoms with van der Waals surface area (Å²) in [5.74, 6) is 1.60. The fourth-order valence-electron chi connectivity index (χ4n) is 2.89. The van der Waals surface area contributed by atoms with E-state index in [1.807, 2.05) is 30.5 Å². The van der Waals surface area contributed by atoms with Crippen LogP contribution in [0.15, 0.2) is 59.7 Å². The molecule has 134 valence electrons. The maximum atomic E-state index is 5.46. The number of pyridine rings is 1. The van der Waals surface area contributed by atoms with E-state index in [2.05, 4.69) is 51.8 Å². The standard InChI is InChI=1S/C21H24N4O/c1-15-8-9-17(20(12-15)26-3)13-24-21(22-2)25-14-19-18-7-5-4-6-16(18)10-11-23-19/h4-12H,13-14H2,1-3H3,(H2,22,24,25). The number of hydrogen-bond donors (Lipinski definition) is 2. The molecular weight excluding hydrogens is 324 g/mol. The van der Waals surface area contributed by atoms with E-state index in [4.69, 9.17) is 4.74 Å². The van der Waals surface area contributed by atoms with Crippen molar-refractivity contribution in [3.63, 3.8) is 0 Å². The van der Waals surface area contributed by atoms with E-state index in [0.717, 1.165) is 28.4 Å². The second-order valence-electron chi connectivity index (χ2n) is 6.07. The zero-order valence-electron chi connectivity index (χ0n) is 15.4. The SMILES string of the molecule is CN=C(NCc1ccc(C)cc1OC)NCc1nccc2ccccc12. The lowest BCUT2D eigenvalue weighted by Crippen LogP contribution is -2.36. The van der Waals surface area contributed by atoms with Crippen LogP contribution >= 0.6 is 0 Å². The van der Waals surface area contributed by atoms with E-state index in [-0.39, 0.29) is 0 Å². The van der Waals surface area contributed by atoms with Crippen LogP contribution in [0.3, 0.4) is 0 Å². The zero-order valence-corrected chi connectivity index (χ0v) is 15.4. The number of methoxy groups -OCH3 is 1. The third-order valence-electron chi connectivity index (χ3n) is 4.29. The summed E-state index contributed by atoms with van der Waals surface area (Å²) >= 11 is 0. The first-order valence-electron chi connectivity index (χ1n) is 8.62. The minimum Gasteiger partial charge on any atom is -0.496 e. The summed E-state index contributed by atoms with van der Waals surface area (Å²) in [6.07, 6.45) is 1.84. The molecule has 0 saturated heterocycles. The van der Waals surface area contributed by atoms with E-state index in [9.17, 15) is 0 Å². The third-order valence-corrected chi connectivity index (χ3v) is 4.29. The molecule has 0 bridgehead atoms. The molecule has 5 nitrogen and oxygen atoms in total. The summed E-state index contributed by atoms with van der Waals surface area (Å²) in [5, 5.41) is 9.00. The topological polar surface area (TPSA) is 58.5 Å². The monoisotopic (exact) mass is 348 g/mol. The van der Waals surface area contributed by atoms with Crippen molar-refractivity contribution in [1.29, 1.82) is 0 Å². The molecule has 26 heavy (non-hydrogen) atoms. The Morgan fingerprint density at radius 3 is 2.69 bits per heavy atom. The van der Waals surface area contributed by atoms with Crippen LogP contribution in [0.2, 0.25) is 0 Å². The molecule has 0 radical (unpaired) electrons. The van der Waals surface area contributed by atoms with Crippen LogP contribution in [0.4, 0.5) is 0 Å². The Morgan fingerprint density at radius 2 is 1.88 bits per heavy atom. The summed E-state index contributed by atoms with van der Waals surface area (Å²) < 4.78 is 5.46. The predicted molar refractivity (Wildman–Crippen MR) is 107 cm³/mol. The molecule has 0 aliphatic carbocycles. The van der Waals surface area contributed by atoms with Gasteiger partial charge in [-0.15, -0.1) is 0 Å². The van der Waals surface area contributed by atoms with Gasteiger partial charge in [0.1, 0.15) is 5.75 Å². The molecular formula is C21H24N4O. The fourth-order valence-corrected chi connectivity index (χ4v) is 2.89. The molecule has 3 rings (SSSR count). The van der Waals surface area contributed by atoms with Gasteiger partial charge in [-0.05, 0) is 30.0 Å². The van der Waals surface area contributed by atoms with Crippen molar-refractivity contribution in [2.24, 2.45) is 4.99 Å². The van der Waals surface area contributed by atoms with Crippen molar-refractivity contribution in [2.75, 3.05) is 14.2 Å². The molecule has 5 heteroatoms. The molecule has 3 aromatic rings. The summed E-state index contributed by atoms with van der Waals surface area (Å²) in [5.41, 5.74) is 3.26. The maximum absolute atomic E-state index is 5.46. The highest BCUT2D eigenvalue weighted by atomic mass is 16.5. The maximum Gasteiger partial charge on any atom is 0.191 e. The summed E-state index contributed by atoms with van der Waals surface area (Å²) in [6, 6.07) is 16.5. The van der Waals surface area contributed by atoms with Crippen molar-refractivity contribution in [2.45, 2.75) is 20.0 Å². The van der Waals surface area contributed by atoms with Gasteiger partial charge >= 0.3 is 0 Å². The highest BCUT2D eigenvalue weighted by Crippen LogP contribution is 2.19. The minimum absolute atomic E-state index is 0.603. The van der Waals surface area contributed by atoms with Crippen LogP contribution in [0.5, 0.6) is 5.75 Å². The van der Waals surface area contributed by atoms with Gasteiger partial charge in [0, 0.05) is 30.7 Å². The number of aliphatic imine (C=N–C) groups is 1. The fraction of sp³-hybridized carbons (Fsp3) is 0.238. The Balaban J connectivity index is 1.65. The van der Waals surface area contributed by atoms with Crippen LogP contribution in [0.25, 0.3) is 10.8 Å². The lowest BCUT2D eigenvalue weighted by atomic mass is 10.1. The van der Waals surface area contributed by atoms with Crippen LogP contribution in [0, 0.1) is 6.92 Å². The first kappa shape index (κ1) is 17.7. The first-order chi connectivity index (χ1) is 12.7. The lowest BCUT2D eigenvalue weighted by Gasteiger charge is -2.14. The highest BCUT2D eigenvalue weighted by Gasteiger charge is 2.06. The summed E-state index contributed by atoms with van der Waals surface area (Å²) in [4.78, 5) is 8.80. The molecule has 2 aromatic carbocycles. The van der Waals surface area contributed by atoms with Crippen molar-refractivity contribution in [3.05, 3.63) is 71.5 Å². The van der Waals surface area contributed by atoms with E-state index in [1.54, 1.807) is 14.2 Å². The van der Waals surface area contributed by atoms with E-state index < -0.39 is 0 Å².